The van der Waals surface area contributed by atoms with E-state index in [-0.39, 0.29) is 19.0 Å². The van der Waals surface area contributed by atoms with Gasteiger partial charge in [-0.05, 0) is 87.9 Å². The fraction of sp³-hybridized carbons (Fsp3) is 0.417. The summed E-state index contributed by atoms with van der Waals surface area (Å²) in [7, 11) is 1.53. The number of nitrogens with zero attached hydrogens (tertiary/aromatic N) is 3. The Morgan fingerprint density at radius 3 is 2.24 bits per heavy atom. The number of anilines is 2. The van der Waals surface area contributed by atoms with Gasteiger partial charge in [-0.15, -0.1) is 0 Å². The maximum atomic E-state index is 14.1. The molecule has 10 nitrogen and oxygen atoms in total. The third-order valence-corrected chi connectivity index (χ3v) is 8.92. The van der Waals surface area contributed by atoms with Gasteiger partial charge in [-0.1, -0.05) is 36.4 Å². The number of benzene rings is 2. The molecule has 2 heterocycles. The predicted molar refractivity (Wildman–Crippen MR) is 176 cm³/mol. The number of aromatic nitrogens is 1. The minimum Gasteiger partial charge on any atom is -0.444 e. The van der Waals surface area contributed by atoms with E-state index < -0.39 is 47.1 Å². The van der Waals surface area contributed by atoms with Crippen molar-refractivity contribution in [3.05, 3.63) is 88.6 Å². The number of nitrogens with one attached hydrogen (secondary N) is 2. The number of halogens is 3. The molecule has 1 aromatic heterocycles. The van der Waals surface area contributed by atoms with Crippen LogP contribution in [0.2, 0.25) is 0 Å². The molecule has 0 radical (unpaired) electrons. The highest BCUT2D eigenvalue weighted by molar-refractivity contribution is 6.06. The van der Waals surface area contributed by atoms with Crippen molar-refractivity contribution in [3.63, 3.8) is 0 Å². The maximum Gasteiger partial charge on any atom is 0.410 e. The van der Waals surface area contributed by atoms with Gasteiger partial charge in [0.1, 0.15) is 23.4 Å². The fourth-order valence-corrected chi connectivity index (χ4v) is 6.17. The van der Waals surface area contributed by atoms with Crippen LogP contribution in [0.4, 0.5) is 29.5 Å². The number of ether oxygens (including phenoxy) is 1. The lowest BCUT2D eigenvalue weighted by Crippen LogP contribution is -2.50. The summed E-state index contributed by atoms with van der Waals surface area (Å²) < 4.78 is 47.7. The number of pyridine rings is 1. The Hall–Kier alpha value is -4.94. The Morgan fingerprint density at radius 1 is 0.939 bits per heavy atom. The highest BCUT2D eigenvalue weighted by Crippen LogP contribution is 2.47. The summed E-state index contributed by atoms with van der Waals surface area (Å²) in [5, 5.41) is 5.58. The van der Waals surface area contributed by atoms with Crippen molar-refractivity contribution < 1.29 is 37.1 Å². The number of fused-ring (bicyclic) bond motifs is 3. The van der Waals surface area contributed by atoms with E-state index in [1.807, 2.05) is 12.1 Å². The summed E-state index contributed by atoms with van der Waals surface area (Å²) in [5.74, 6) is -1.60. The van der Waals surface area contributed by atoms with E-state index in [2.05, 4.69) is 15.6 Å². The molecule has 0 unspecified atom stereocenters. The highest BCUT2D eigenvalue weighted by atomic mass is 19.4. The van der Waals surface area contributed by atoms with Gasteiger partial charge < -0.3 is 25.2 Å². The predicted octanol–water partition coefficient (Wildman–Crippen LogP) is 5.99. The second-order valence-electron chi connectivity index (χ2n) is 14.2. The van der Waals surface area contributed by atoms with Crippen molar-refractivity contribution in [3.8, 4) is 0 Å². The molecule has 4 amide bonds. The van der Waals surface area contributed by atoms with E-state index >= 15 is 0 Å². The number of amides is 4. The molecule has 0 fully saturated rings. The van der Waals surface area contributed by atoms with E-state index in [1.54, 1.807) is 69.4 Å². The molecule has 5 rings (SSSR count). The van der Waals surface area contributed by atoms with E-state index in [4.69, 9.17) is 4.74 Å². The number of hydrogen-bond acceptors (Lipinski definition) is 6. The second-order valence-corrected chi connectivity index (χ2v) is 14.2. The minimum absolute atomic E-state index is 0.0527. The molecule has 1 aliphatic carbocycles. The number of carbonyl (C=O) groups is 4. The standard InChI is InChI=1S/C36H40F3N5O5/c1-33(2,3)49-32(48)43(6)19-23-10-7-8-11-24(23)20-44(31(47)34(4,5)36(37,38)39)21-28(45)41-26-14-13-22-17-35(18-25(22)16-26)27-12-9-15-40-29(27)42-30(35)46/h7-16H,17-21H2,1-6H3,(H,41,45)(H,40,42,46)/t35-/m1/s1. The molecular weight excluding hydrogens is 639 g/mol. The first-order valence-electron chi connectivity index (χ1n) is 15.9. The van der Waals surface area contributed by atoms with Crippen LogP contribution < -0.4 is 10.6 Å². The average molecular weight is 680 g/mol. The Balaban J connectivity index is 1.35. The van der Waals surface area contributed by atoms with Crippen LogP contribution in [0.15, 0.2) is 60.8 Å². The number of rotatable bonds is 8. The van der Waals surface area contributed by atoms with Crippen molar-refractivity contribution in [2.24, 2.45) is 5.41 Å². The first kappa shape index (κ1) is 35.4. The molecule has 1 atom stereocenters. The van der Waals surface area contributed by atoms with Gasteiger partial charge in [-0.25, -0.2) is 9.78 Å². The molecule has 2 N–H and O–H groups in total. The minimum atomic E-state index is -4.88. The van der Waals surface area contributed by atoms with Gasteiger partial charge in [0, 0.05) is 37.6 Å². The molecule has 2 aromatic carbocycles. The molecule has 0 bridgehead atoms. The third-order valence-electron chi connectivity index (χ3n) is 8.92. The first-order chi connectivity index (χ1) is 22.8. The molecule has 0 saturated heterocycles. The van der Waals surface area contributed by atoms with Gasteiger partial charge in [0.15, 0.2) is 0 Å². The maximum absolute atomic E-state index is 14.1. The van der Waals surface area contributed by atoms with Crippen LogP contribution >= 0.6 is 0 Å². The van der Waals surface area contributed by atoms with Gasteiger partial charge >= 0.3 is 12.3 Å². The van der Waals surface area contributed by atoms with Crippen LogP contribution in [0.5, 0.6) is 0 Å². The zero-order chi connectivity index (χ0) is 35.9. The topological polar surface area (TPSA) is 121 Å². The van der Waals surface area contributed by atoms with Crippen LogP contribution in [0, 0.1) is 5.41 Å². The molecule has 1 aliphatic heterocycles. The van der Waals surface area contributed by atoms with Crippen LogP contribution in [-0.4, -0.2) is 64.0 Å². The number of hydrogen-bond donors (Lipinski definition) is 2. The molecule has 1 spiro atoms. The summed E-state index contributed by atoms with van der Waals surface area (Å²) in [4.78, 5) is 59.1. The van der Waals surface area contributed by atoms with E-state index in [0.29, 0.717) is 35.5 Å². The van der Waals surface area contributed by atoms with Gasteiger partial charge in [-0.2, -0.15) is 13.2 Å². The third kappa shape index (κ3) is 7.25. The normalized spacial score (nSPS) is 16.9. The van der Waals surface area contributed by atoms with Gasteiger partial charge in [0.25, 0.3) is 0 Å². The SMILES string of the molecule is CN(Cc1ccccc1CN(CC(=O)Nc1ccc2c(c1)C[C@@]1(C2)C(=O)Nc2ncccc21)C(=O)C(C)(C)C(F)(F)F)C(=O)OC(C)(C)C. The molecule has 3 aromatic rings. The summed E-state index contributed by atoms with van der Waals surface area (Å²) in [6, 6.07) is 15.6. The molecule has 260 valence electrons. The Bertz CT molecular complexity index is 1800. The Kier molecular flexibility index (Phi) is 9.26. The molecule has 0 saturated carbocycles. The number of carbonyl (C=O) groups excluding carboxylic acids is 4. The van der Waals surface area contributed by atoms with Gasteiger partial charge in [-0.3, -0.25) is 14.4 Å². The molecule has 2 aliphatic rings. The summed E-state index contributed by atoms with van der Waals surface area (Å²) in [6.07, 6.45) is -3.03. The van der Waals surface area contributed by atoms with Gasteiger partial charge in [0.2, 0.25) is 17.7 Å². The zero-order valence-corrected chi connectivity index (χ0v) is 28.3. The molecular formula is C36H40F3N5O5. The van der Waals surface area contributed by atoms with Crippen molar-refractivity contribution in [1.29, 1.82) is 0 Å². The Morgan fingerprint density at radius 2 is 1.59 bits per heavy atom. The van der Waals surface area contributed by atoms with Crippen molar-refractivity contribution in [1.82, 2.24) is 14.8 Å². The smallest absolute Gasteiger partial charge is 0.410 e. The lowest BCUT2D eigenvalue weighted by atomic mass is 9.79. The second kappa shape index (κ2) is 12.8. The van der Waals surface area contributed by atoms with Crippen LogP contribution in [0.1, 0.15) is 62.4 Å². The summed E-state index contributed by atoms with van der Waals surface area (Å²) >= 11 is 0. The van der Waals surface area contributed by atoms with Crippen LogP contribution in [0.3, 0.4) is 0 Å². The fourth-order valence-electron chi connectivity index (χ4n) is 6.17. The van der Waals surface area contributed by atoms with E-state index in [9.17, 15) is 32.3 Å². The lowest BCUT2D eigenvalue weighted by molar-refractivity contribution is -0.217. The lowest BCUT2D eigenvalue weighted by Gasteiger charge is -2.33. The van der Waals surface area contributed by atoms with E-state index in [0.717, 1.165) is 35.4 Å². The van der Waals surface area contributed by atoms with Crippen LogP contribution in [0.25, 0.3) is 0 Å². The molecule has 49 heavy (non-hydrogen) atoms. The van der Waals surface area contributed by atoms with Crippen molar-refractivity contribution >= 4 is 35.3 Å². The molecule has 13 heteroatoms. The average Bonchev–Trinajstić information content (AvgIpc) is 3.52. The highest BCUT2D eigenvalue weighted by Gasteiger charge is 2.55. The zero-order valence-electron chi connectivity index (χ0n) is 28.3. The largest absolute Gasteiger partial charge is 0.444 e. The summed E-state index contributed by atoms with van der Waals surface area (Å²) in [6.45, 7) is 5.82. The van der Waals surface area contributed by atoms with E-state index in [1.165, 1.54) is 11.9 Å². The number of alkyl halides is 3. The first-order valence-corrected chi connectivity index (χ1v) is 15.9. The Labute approximate surface area is 283 Å². The monoisotopic (exact) mass is 679 g/mol. The van der Waals surface area contributed by atoms with Gasteiger partial charge in [0.05, 0.1) is 5.41 Å². The van der Waals surface area contributed by atoms with Crippen molar-refractivity contribution in [2.45, 2.75) is 77.7 Å². The summed E-state index contributed by atoms with van der Waals surface area (Å²) in [5.41, 5.74) is -0.341. The van der Waals surface area contributed by atoms with Crippen molar-refractivity contribution in [2.75, 3.05) is 24.2 Å². The quantitative estimate of drug-likeness (QED) is 0.302. The van der Waals surface area contributed by atoms with Crippen LogP contribution in [-0.2, 0) is 50.5 Å².